The van der Waals surface area contributed by atoms with Crippen molar-refractivity contribution in [3.8, 4) is 6.07 Å². The molecule has 108 valence electrons. The summed E-state index contributed by atoms with van der Waals surface area (Å²) in [5.41, 5.74) is 3.27. The number of hydrogen-bond donors (Lipinski definition) is 1. The summed E-state index contributed by atoms with van der Waals surface area (Å²) in [6.45, 7) is 4.47. The topological polar surface area (TPSA) is 61.6 Å². The number of halogens is 1. The fourth-order valence-electron chi connectivity index (χ4n) is 2.21. The Morgan fingerprint density at radius 1 is 1.14 bits per heavy atom. The van der Waals surface area contributed by atoms with Crippen molar-refractivity contribution in [3.05, 3.63) is 52.5 Å². The van der Waals surface area contributed by atoms with Gasteiger partial charge in [0.05, 0.1) is 5.69 Å². The third kappa shape index (κ3) is 3.34. The Bertz CT molecular complexity index is 659. The van der Waals surface area contributed by atoms with E-state index in [1.54, 1.807) is 12.1 Å². The maximum Gasteiger partial charge on any atom is 0.167 e. The van der Waals surface area contributed by atoms with Gasteiger partial charge in [0.25, 0.3) is 0 Å². The van der Waals surface area contributed by atoms with E-state index in [9.17, 15) is 9.65 Å². The van der Waals surface area contributed by atoms with Crippen molar-refractivity contribution in [2.45, 2.75) is 33.2 Å². The Labute approximate surface area is 123 Å². The minimum absolute atomic E-state index is 0.267. The molecule has 1 aromatic carbocycles. The molecule has 2 aromatic rings. The van der Waals surface area contributed by atoms with Crippen LogP contribution in [0.1, 0.15) is 36.2 Å². The summed E-state index contributed by atoms with van der Waals surface area (Å²) in [7, 11) is 0. The fraction of sp³-hybridized carbons (Fsp3) is 0.312. The first-order chi connectivity index (χ1) is 10.2. The van der Waals surface area contributed by atoms with Gasteiger partial charge in [0.2, 0.25) is 0 Å². The molecular weight excluding hydrogens is 267 g/mol. The molecule has 0 aliphatic carbocycles. The molecule has 1 aromatic heterocycles. The molecule has 5 heteroatoms. The van der Waals surface area contributed by atoms with Crippen molar-refractivity contribution in [1.82, 2.24) is 10.2 Å². The minimum atomic E-state index is -0.267. The molecule has 0 saturated heterocycles. The van der Waals surface area contributed by atoms with Gasteiger partial charge in [-0.2, -0.15) is 10.4 Å². The first kappa shape index (κ1) is 14.9. The highest BCUT2D eigenvalue weighted by atomic mass is 19.1. The van der Waals surface area contributed by atoms with Gasteiger partial charge in [0.1, 0.15) is 17.4 Å². The van der Waals surface area contributed by atoms with E-state index in [0.717, 1.165) is 29.7 Å². The lowest BCUT2D eigenvalue weighted by Gasteiger charge is -2.12. The molecular formula is C16H17FN4. The lowest BCUT2D eigenvalue weighted by atomic mass is 10.0. The number of nitrogens with zero attached hydrogens (tertiary/aromatic N) is 3. The van der Waals surface area contributed by atoms with Crippen LogP contribution in [0.2, 0.25) is 0 Å². The molecule has 0 aliphatic heterocycles. The lowest BCUT2D eigenvalue weighted by molar-refractivity contribution is 0.627. The Morgan fingerprint density at radius 3 is 2.43 bits per heavy atom. The first-order valence-electron chi connectivity index (χ1n) is 6.96. The zero-order chi connectivity index (χ0) is 15.2. The van der Waals surface area contributed by atoms with E-state index in [1.807, 2.05) is 13.8 Å². The predicted octanol–water partition coefficient (Wildman–Crippen LogP) is 3.22. The van der Waals surface area contributed by atoms with Crippen LogP contribution < -0.4 is 5.32 Å². The van der Waals surface area contributed by atoms with Gasteiger partial charge in [-0.25, -0.2) is 4.39 Å². The third-order valence-corrected chi connectivity index (χ3v) is 3.33. The number of nitriles is 1. The molecule has 0 spiro atoms. The highest BCUT2D eigenvalue weighted by Gasteiger charge is 2.13. The van der Waals surface area contributed by atoms with Crippen molar-refractivity contribution in [1.29, 1.82) is 5.26 Å². The molecule has 0 saturated carbocycles. The Morgan fingerprint density at radius 2 is 1.86 bits per heavy atom. The van der Waals surface area contributed by atoms with Gasteiger partial charge in [-0.15, -0.1) is 5.10 Å². The molecule has 0 amide bonds. The second-order valence-electron chi connectivity index (χ2n) is 4.65. The van der Waals surface area contributed by atoms with Gasteiger partial charge in [-0.3, -0.25) is 0 Å². The highest BCUT2D eigenvalue weighted by Crippen LogP contribution is 2.20. The number of hydrogen-bond acceptors (Lipinski definition) is 4. The van der Waals surface area contributed by atoms with Crippen LogP contribution in [-0.2, 0) is 19.4 Å². The molecule has 0 unspecified atom stereocenters. The van der Waals surface area contributed by atoms with Gasteiger partial charge in [-0.1, -0.05) is 26.0 Å². The predicted molar refractivity (Wildman–Crippen MR) is 79.2 cm³/mol. The molecule has 0 fully saturated rings. The van der Waals surface area contributed by atoms with Crippen molar-refractivity contribution in [2.24, 2.45) is 0 Å². The lowest BCUT2D eigenvalue weighted by Crippen LogP contribution is -2.10. The van der Waals surface area contributed by atoms with Gasteiger partial charge < -0.3 is 5.32 Å². The third-order valence-electron chi connectivity index (χ3n) is 3.33. The molecule has 1 heterocycles. The number of aromatic nitrogens is 2. The smallest absolute Gasteiger partial charge is 0.167 e. The van der Waals surface area contributed by atoms with Crippen LogP contribution in [0.5, 0.6) is 0 Å². The summed E-state index contributed by atoms with van der Waals surface area (Å²) in [6.07, 6.45) is 1.50. The number of aryl methyl sites for hydroxylation is 1. The van der Waals surface area contributed by atoms with Crippen molar-refractivity contribution < 1.29 is 4.39 Å². The standard InChI is InChI=1S/C16H17FN4/c1-3-13-14(9-18)16(21-20-15(13)4-2)19-10-11-5-7-12(17)8-6-11/h5-8H,3-4,10H2,1-2H3,(H,19,21). The Kier molecular flexibility index (Phi) is 4.83. The maximum absolute atomic E-state index is 12.9. The summed E-state index contributed by atoms with van der Waals surface area (Å²) < 4.78 is 12.9. The SMILES string of the molecule is CCc1nnc(NCc2ccc(F)cc2)c(C#N)c1CC. The van der Waals surface area contributed by atoms with Crippen LogP contribution in [0.4, 0.5) is 10.2 Å². The molecule has 2 rings (SSSR count). The number of anilines is 1. The number of nitrogens with one attached hydrogen (secondary N) is 1. The van der Waals surface area contributed by atoms with E-state index in [2.05, 4.69) is 21.6 Å². The van der Waals surface area contributed by atoms with Crippen LogP contribution in [-0.4, -0.2) is 10.2 Å². The van der Waals surface area contributed by atoms with Gasteiger partial charge >= 0.3 is 0 Å². The van der Waals surface area contributed by atoms with Crippen LogP contribution in [0.15, 0.2) is 24.3 Å². The highest BCUT2D eigenvalue weighted by molar-refractivity contribution is 5.56. The summed E-state index contributed by atoms with van der Waals surface area (Å²) in [5, 5.41) is 20.8. The van der Waals surface area contributed by atoms with Gasteiger partial charge in [-0.05, 0) is 36.1 Å². The zero-order valence-electron chi connectivity index (χ0n) is 12.2. The monoisotopic (exact) mass is 284 g/mol. The molecule has 0 radical (unpaired) electrons. The molecule has 1 N–H and O–H groups in total. The number of benzene rings is 1. The quantitative estimate of drug-likeness (QED) is 0.915. The minimum Gasteiger partial charge on any atom is -0.363 e. The Hall–Kier alpha value is -2.48. The first-order valence-corrected chi connectivity index (χ1v) is 6.96. The molecule has 21 heavy (non-hydrogen) atoms. The van der Waals surface area contributed by atoms with Crippen LogP contribution >= 0.6 is 0 Å². The second kappa shape index (κ2) is 6.80. The summed E-state index contributed by atoms with van der Waals surface area (Å²) >= 11 is 0. The zero-order valence-corrected chi connectivity index (χ0v) is 12.2. The Balaban J connectivity index is 2.24. The summed E-state index contributed by atoms with van der Waals surface area (Å²) in [4.78, 5) is 0. The summed E-state index contributed by atoms with van der Waals surface area (Å²) in [5.74, 6) is 0.215. The average molecular weight is 284 g/mol. The molecule has 0 atom stereocenters. The van der Waals surface area contributed by atoms with Crippen LogP contribution in [0, 0.1) is 17.1 Å². The van der Waals surface area contributed by atoms with E-state index in [-0.39, 0.29) is 5.82 Å². The van der Waals surface area contributed by atoms with E-state index in [1.165, 1.54) is 12.1 Å². The number of rotatable bonds is 5. The van der Waals surface area contributed by atoms with Gasteiger partial charge in [0, 0.05) is 6.54 Å². The van der Waals surface area contributed by atoms with E-state index in [0.29, 0.717) is 17.9 Å². The van der Waals surface area contributed by atoms with Crippen molar-refractivity contribution in [3.63, 3.8) is 0 Å². The van der Waals surface area contributed by atoms with E-state index < -0.39 is 0 Å². The van der Waals surface area contributed by atoms with E-state index >= 15 is 0 Å². The van der Waals surface area contributed by atoms with Crippen molar-refractivity contribution >= 4 is 5.82 Å². The average Bonchev–Trinajstić information content (AvgIpc) is 2.53. The second-order valence-corrected chi connectivity index (χ2v) is 4.65. The van der Waals surface area contributed by atoms with Crippen molar-refractivity contribution in [2.75, 3.05) is 5.32 Å². The molecule has 0 aliphatic rings. The van der Waals surface area contributed by atoms with Crippen LogP contribution in [0.3, 0.4) is 0 Å². The fourth-order valence-corrected chi connectivity index (χ4v) is 2.21. The normalized spacial score (nSPS) is 10.2. The van der Waals surface area contributed by atoms with E-state index in [4.69, 9.17) is 0 Å². The largest absolute Gasteiger partial charge is 0.363 e. The molecule has 4 nitrogen and oxygen atoms in total. The van der Waals surface area contributed by atoms with Crippen LogP contribution in [0.25, 0.3) is 0 Å². The summed E-state index contributed by atoms with van der Waals surface area (Å²) in [6, 6.07) is 8.42. The van der Waals surface area contributed by atoms with Gasteiger partial charge in [0.15, 0.2) is 5.82 Å². The molecule has 0 bridgehead atoms. The maximum atomic E-state index is 12.9.